The number of benzene rings is 3. The first kappa shape index (κ1) is 18.2. The molecule has 0 spiro atoms. The summed E-state index contributed by atoms with van der Waals surface area (Å²) in [5, 5.41) is 13.5. The average Bonchev–Trinajstić information content (AvgIpc) is 2.72. The predicted octanol–water partition coefficient (Wildman–Crippen LogP) is 4.44. The van der Waals surface area contributed by atoms with Gasteiger partial charge in [-0.3, -0.25) is 0 Å². The minimum Gasteiger partial charge on any atom is -0.491 e. The van der Waals surface area contributed by atoms with Gasteiger partial charge in [0.25, 0.3) is 0 Å². The Morgan fingerprint density at radius 1 is 0.808 bits per heavy atom. The monoisotopic (exact) mass is 347 g/mol. The van der Waals surface area contributed by atoms with Gasteiger partial charge in [0, 0.05) is 12.6 Å². The summed E-state index contributed by atoms with van der Waals surface area (Å²) in [5.41, 5.74) is 3.53. The zero-order valence-electron chi connectivity index (χ0n) is 15.0. The maximum atomic E-state index is 10.2. The largest absolute Gasteiger partial charge is 0.491 e. The highest BCUT2D eigenvalue weighted by molar-refractivity contribution is 5.63. The number of nitrogens with one attached hydrogen (secondary N) is 1. The molecule has 2 N–H and O–H groups in total. The van der Waals surface area contributed by atoms with Gasteiger partial charge in [-0.05, 0) is 35.7 Å². The first-order valence-electron chi connectivity index (χ1n) is 8.97. The molecule has 3 rings (SSSR count). The molecule has 0 aromatic heterocycles. The highest BCUT2D eigenvalue weighted by Gasteiger charge is 2.09. The van der Waals surface area contributed by atoms with Crippen molar-refractivity contribution in [2.24, 2.45) is 0 Å². The fourth-order valence-corrected chi connectivity index (χ4v) is 2.80. The molecule has 0 radical (unpaired) electrons. The van der Waals surface area contributed by atoms with Crippen LogP contribution in [0.4, 0.5) is 0 Å². The Kier molecular flexibility index (Phi) is 6.42. The van der Waals surface area contributed by atoms with Crippen LogP contribution in [0.15, 0.2) is 84.9 Å². The lowest BCUT2D eigenvalue weighted by atomic mass is 10.1. The Bertz CT molecular complexity index is 772. The molecule has 2 atom stereocenters. The van der Waals surface area contributed by atoms with Crippen molar-refractivity contribution in [3.63, 3.8) is 0 Å². The van der Waals surface area contributed by atoms with Crippen molar-refractivity contribution in [3.8, 4) is 16.9 Å². The van der Waals surface area contributed by atoms with E-state index in [9.17, 15) is 5.11 Å². The Hall–Kier alpha value is -2.62. The van der Waals surface area contributed by atoms with Gasteiger partial charge in [-0.2, -0.15) is 0 Å². The summed E-state index contributed by atoms with van der Waals surface area (Å²) in [7, 11) is 0. The van der Waals surface area contributed by atoms with E-state index in [0.717, 1.165) is 11.3 Å². The lowest BCUT2D eigenvalue weighted by Crippen LogP contribution is -2.33. The van der Waals surface area contributed by atoms with Crippen molar-refractivity contribution in [2.45, 2.75) is 19.1 Å². The fraction of sp³-hybridized carbons (Fsp3) is 0.217. The molecule has 0 amide bonds. The Balaban J connectivity index is 1.45. The van der Waals surface area contributed by atoms with Crippen molar-refractivity contribution >= 4 is 0 Å². The minimum absolute atomic E-state index is 0.191. The zero-order valence-corrected chi connectivity index (χ0v) is 15.0. The van der Waals surface area contributed by atoms with Gasteiger partial charge in [-0.15, -0.1) is 0 Å². The molecule has 0 saturated heterocycles. The quantitative estimate of drug-likeness (QED) is 0.633. The van der Waals surface area contributed by atoms with E-state index in [1.807, 2.05) is 60.7 Å². The Labute approximate surface area is 155 Å². The van der Waals surface area contributed by atoms with Gasteiger partial charge in [0.05, 0.1) is 0 Å². The molecule has 0 saturated carbocycles. The lowest BCUT2D eigenvalue weighted by Gasteiger charge is -2.18. The van der Waals surface area contributed by atoms with Crippen molar-refractivity contribution in [3.05, 3.63) is 90.5 Å². The first-order valence-corrected chi connectivity index (χ1v) is 8.97. The van der Waals surface area contributed by atoms with Gasteiger partial charge in [0.15, 0.2) is 0 Å². The van der Waals surface area contributed by atoms with Crippen LogP contribution in [0, 0.1) is 0 Å². The molecule has 3 aromatic rings. The number of aliphatic hydroxyl groups excluding tert-OH is 1. The average molecular weight is 347 g/mol. The first-order chi connectivity index (χ1) is 12.7. The van der Waals surface area contributed by atoms with E-state index in [2.05, 4.69) is 36.5 Å². The zero-order chi connectivity index (χ0) is 18.2. The molecule has 3 heteroatoms. The standard InChI is InChI=1S/C23H25NO2/c1-18(19-8-4-2-5-9-19)24-16-22(25)17-26-23-14-12-21(13-15-23)20-10-6-3-7-11-20/h2-15,18,22,24-25H,16-17H2,1H3/t18-,22-/m0/s1. The van der Waals surface area contributed by atoms with Crippen molar-refractivity contribution in [1.82, 2.24) is 5.32 Å². The van der Waals surface area contributed by atoms with Gasteiger partial charge in [0.1, 0.15) is 18.5 Å². The second-order valence-electron chi connectivity index (χ2n) is 6.40. The molecule has 134 valence electrons. The van der Waals surface area contributed by atoms with Crippen LogP contribution in [0.2, 0.25) is 0 Å². The second kappa shape index (κ2) is 9.18. The number of hydrogen-bond donors (Lipinski definition) is 2. The summed E-state index contributed by atoms with van der Waals surface area (Å²) in [6.07, 6.45) is -0.560. The molecule has 0 fully saturated rings. The highest BCUT2D eigenvalue weighted by atomic mass is 16.5. The van der Waals surface area contributed by atoms with E-state index in [1.165, 1.54) is 11.1 Å². The summed E-state index contributed by atoms with van der Waals surface area (Å²) in [6.45, 7) is 2.84. The molecule has 0 aliphatic heterocycles. The van der Waals surface area contributed by atoms with Gasteiger partial charge in [-0.1, -0.05) is 72.8 Å². The normalized spacial score (nSPS) is 13.2. The molecule has 3 aromatic carbocycles. The molecule has 3 nitrogen and oxygen atoms in total. The fourth-order valence-electron chi connectivity index (χ4n) is 2.80. The molecule has 0 aliphatic carbocycles. The van der Waals surface area contributed by atoms with E-state index >= 15 is 0 Å². The molecular formula is C23H25NO2. The van der Waals surface area contributed by atoms with Crippen LogP contribution < -0.4 is 10.1 Å². The molecule has 0 heterocycles. The SMILES string of the molecule is C[C@H](NC[C@H](O)COc1ccc(-c2ccccc2)cc1)c1ccccc1. The van der Waals surface area contributed by atoms with Crippen LogP contribution >= 0.6 is 0 Å². The highest BCUT2D eigenvalue weighted by Crippen LogP contribution is 2.22. The number of hydrogen-bond acceptors (Lipinski definition) is 3. The molecule has 0 unspecified atom stereocenters. The summed E-state index contributed by atoms with van der Waals surface area (Å²) < 4.78 is 5.71. The lowest BCUT2D eigenvalue weighted by molar-refractivity contribution is 0.104. The second-order valence-corrected chi connectivity index (χ2v) is 6.40. The third-order valence-electron chi connectivity index (χ3n) is 4.36. The van der Waals surface area contributed by atoms with Crippen LogP contribution in [0.5, 0.6) is 5.75 Å². The topological polar surface area (TPSA) is 41.5 Å². The van der Waals surface area contributed by atoms with E-state index in [1.54, 1.807) is 0 Å². The summed E-state index contributed by atoms with van der Waals surface area (Å²) in [4.78, 5) is 0. The van der Waals surface area contributed by atoms with Gasteiger partial charge < -0.3 is 15.2 Å². The maximum Gasteiger partial charge on any atom is 0.119 e. The Morgan fingerprint density at radius 2 is 1.38 bits per heavy atom. The third kappa shape index (κ3) is 5.19. The van der Waals surface area contributed by atoms with E-state index in [4.69, 9.17) is 4.74 Å². The van der Waals surface area contributed by atoms with E-state index < -0.39 is 6.10 Å². The summed E-state index contributed by atoms with van der Waals surface area (Å²) in [6, 6.07) is 28.6. The van der Waals surface area contributed by atoms with Crippen molar-refractivity contribution in [1.29, 1.82) is 0 Å². The number of rotatable bonds is 8. The number of ether oxygens (including phenoxy) is 1. The van der Waals surface area contributed by atoms with E-state index in [-0.39, 0.29) is 12.6 Å². The molecule has 0 bridgehead atoms. The van der Waals surface area contributed by atoms with Gasteiger partial charge in [0.2, 0.25) is 0 Å². The van der Waals surface area contributed by atoms with Crippen LogP contribution in [0.25, 0.3) is 11.1 Å². The Morgan fingerprint density at radius 3 is 2.04 bits per heavy atom. The predicted molar refractivity (Wildman–Crippen MR) is 106 cm³/mol. The molecule has 26 heavy (non-hydrogen) atoms. The van der Waals surface area contributed by atoms with Crippen LogP contribution in [-0.4, -0.2) is 24.4 Å². The summed E-state index contributed by atoms with van der Waals surface area (Å²) >= 11 is 0. The van der Waals surface area contributed by atoms with Crippen molar-refractivity contribution < 1.29 is 9.84 Å². The number of aliphatic hydroxyl groups is 1. The van der Waals surface area contributed by atoms with E-state index in [0.29, 0.717) is 6.54 Å². The third-order valence-corrected chi connectivity index (χ3v) is 4.36. The molecular weight excluding hydrogens is 322 g/mol. The van der Waals surface area contributed by atoms with Crippen LogP contribution in [0.3, 0.4) is 0 Å². The van der Waals surface area contributed by atoms with Crippen molar-refractivity contribution in [2.75, 3.05) is 13.2 Å². The summed E-state index contributed by atoms with van der Waals surface area (Å²) in [5.74, 6) is 0.764. The van der Waals surface area contributed by atoms with Gasteiger partial charge >= 0.3 is 0 Å². The minimum atomic E-state index is -0.560. The van der Waals surface area contributed by atoms with Crippen LogP contribution in [-0.2, 0) is 0 Å². The maximum absolute atomic E-state index is 10.2. The van der Waals surface area contributed by atoms with Crippen LogP contribution in [0.1, 0.15) is 18.5 Å². The smallest absolute Gasteiger partial charge is 0.119 e. The molecule has 0 aliphatic rings. The van der Waals surface area contributed by atoms with Gasteiger partial charge in [-0.25, -0.2) is 0 Å².